The van der Waals surface area contributed by atoms with E-state index in [9.17, 15) is 13.2 Å². The number of imidazole rings is 1. The van der Waals surface area contributed by atoms with Gasteiger partial charge in [-0.3, -0.25) is 9.55 Å². The van der Waals surface area contributed by atoms with Gasteiger partial charge in [0, 0.05) is 10.7 Å². The van der Waals surface area contributed by atoms with E-state index in [1.165, 1.54) is 23.0 Å². The van der Waals surface area contributed by atoms with Crippen LogP contribution in [0.25, 0.3) is 16.7 Å². The molecule has 8 heteroatoms. The largest absolute Gasteiger partial charge is 0.416 e. The molecule has 0 atom stereocenters. The van der Waals surface area contributed by atoms with Crippen LogP contribution in [-0.4, -0.2) is 14.5 Å². The third-order valence-corrected chi connectivity index (χ3v) is 3.67. The van der Waals surface area contributed by atoms with Crippen molar-refractivity contribution >= 4 is 32.9 Å². The normalized spacial score (nSPS) is 12.0. The Hall–Kier alpha value is -2.09. The molecule has 1 aromatic carbocycles. The molecule has 108 valence electrons. The van der Waals surface area contributed by atoms with Gasteiger partial charge in [0.25, 0.3) is 0 Å². The van der Waals surface area contributed by atoms with Gasteiger partial charge in [0.1, 0.15) is 5.52 Å². The first-order valence-electron chi connectivity index (χ1n) is 5.83. The minimum atomic E-state index is -4.43. The Bertz CT molecular complexity index is 826. The number of hydrogen-bond acceptors (Lipinski definition) is 3. The molecular formula is C13H8BrF3N4. The molecule has 2 N–H and O–H groups in total. The van der Waals surface area contributed by atoms with E-state index < -0.39 is 11.7 Å². The molecule has 2 aromatic heterocycles. The average molecular weight is 357 g/mol. The van der Waals surface area contributed by atoms with Gasteiger partial charge in [0.2, 0.25) is 5.95 Å². The maximum absolute atomic E-state index is 12.9. The van der Waals surface area contributed by atoms with Crippen molar-refractivity contribution in [1.82, 2.24) is 14.5 Å². The van der Waals surface area contributed by atoms with E-state index in [2.05, 4.69) is 25.9 Å². The fraction of sp³-hybridized carbons (Fsp3) is 0.0769. The van der Waals surface area contributed by atoms with Gasteiger partial charge in [0.15, 0.2) is 0 Å². The predicted molar refractivity (Wildman–Crippen MR) is 76.0 cm³/mol. The highest BCUT2D eigenvalue weighted by Crippen LogP contribution is 2.35. The zero-order valence-corrected chi connectivity index (χ0v) is 12.0. The van der Waals surface area contributed by atoms with Crippen LogP contribution in [0.2, 0.25) is 0 Å². The first kappa shape index (κ1) is 13.9. The molecule has 0 radical (unpaired) electrons. The molecule has 0 aliphatic rings. The van der Waals surface area contributed by atoms with Crippen molar-refractivity contribution in [1.29, 1.82) is 0 Å². The van der Waals surface area contributed by atoms with Gasteiger partial charge in [-0.2, -0.15) is 13.2 Å². The number of pyridine rings is 1. The fourth-order valence-corrected chi connectivity index (χ4v) is 2.49. The fourth-order valence-electron chi connectivity index (χ4n) is 2.06. The van der Waals surface area contributed by atoms with Crippen molar-refractivity contribution in [3.63, 3.8) is 0 Å². The molecule has 0 amide bonds. The maximum atomic E-state index is 12.9. The minimum Gasteiger partial charge on any atom is -0.369 e. The molecule has 4 nitrogen and oxygen atoms in total. The Morgan fingerprint density at radius 2 is 1.95 bits per heavy atom. The molecule has 0 saturated heterocycles. The van der Waals surface area contributed by atoms with E-state index in [1.807, 2.05) is 0 Å². The van der Waals surface area contributed by atoms with Crippen LogP contribution < -0.4 is 5.73 Å². The predicted octanol–water partition coefficient (Wildman–Crippen LogP) is 3.78. The number of nitrogens with two attached hydrogens (primary N) is 1. The number of nitrogen functional groups attached to an aromatic ring is 1. The quantitative estimate of drug-likeness (QED) is 0.721. The number of fused-ring (bicyclic) bond motifs is 1. The van der Waals surface area contributed by atoms with Crippen LogP contribution in [0.3, 0.4) is 0 Å². The van der Waals surface area contributed by atoms with Crippen molar-refractivity contribution in [2.45, 2.75) is 6.18 Å². The second-order valence-corrected chi connectivity index (χ2v) is 5.19. The molecule has 0 aliphatic carbocycles. The highest BCUT2D eigenvalue weighted by atomic mass is 79.9. The van der Waals surface area contributed by atoms with E-state index in [0.717, 1.165) is 12.1 Å². The highest BCUT2D eigenvalue weighted by molar-refractivity contribution is 9.10. The van der Waals surface area contributed by atoms with Crippen molar-refractivity contribution in [3.05, 3.63) is 46.7 Å². The van der Waals surface area contributed by atoms with Crippen LogP contribution in [-0.2, 0) is 6.18 Å². The molecular weight excluding hydrogens is 349 g/mol. The Morgan fingerprint density at radius 3 is 2.67 bits per heavy atom. The monoisotopic (exact) mass is 356 g/mol. The van der Waals surface area contributed by atoms with Crippen molar-refractivity contribution in [2.75, 3.05) is 5.73 Å². The second kappa shape index (κ2) is 4.73. The summed E-state index contributed by atoms with van der Waals surface area (Å²) in [5.41, 5.74) is 6.45. The zero-order valence-electron chi connectivity index (χ0n) is 10.4. The molecule has 3 rings (SSSR count). The third kappa shape index (κ3) is 2.35. The number of alkyl halides is 3. The van der Waals surface area contributed by atoms with Gasteiger partial charge in [-0.05, 0) is 40.2 Å². The van der Waals surface area contributed by atoms with Crippen LogP contribution in [0.15, 0.2) is 41.1 Å². The summed E-state index contributed by atoms with van der Waals surface area (Å²) in [5.74, 6) is 0.0954. The summed E-state index contributed by atoms with van der Waals surface area (Å²) in [7, 11) is 0. The van der Waals surface area contributed by atoms with Crippen LogP contribution in [0.1, 0.15) is 5.56 Å². The highest BCUT2D eigenvalue weighted by Gasteiger charge is 2.31. The standard InChI is InChI=1S/C13H8BrF3N4/c14-8-2-1-7(13(15,16)17)5-11(8)21-10-3-4-19-6-9(10)20-12(21)18/h1-6H,(H2,18,20). The van der Waals surface area contributed by atoms with Gasteiger partial charge in [-0.1, -0.05) is 0 Å². The number of benzene rings is 1. The summed E-state index contributed by atoms with van der Waals surface area (Å²) in [4.78, 5) is 8.02. The Morgan fingerprint density at radius 1 is 1.19 bits per heavy atom. The molecule has 21 heavy (non-hydrogen) atoms. The number of rotatable bonds is 1. The third-order valence-electron chi connectivity index (χ3n) is 3.00. The van der Waals surface area contributed by atoms with Gasteiger partial charge >= 0.3 is 6.18 Å². The Labute approximate surface area is 125 Å². The number of halogens is 4. The lowest BCUT2D eigenvalue weighted by atomic mass is 10.2. The van der Waals surface area contributed by atoms with Crippen LogP contribution in [0.4, 0.5) is 19.1 Å². The molecule has 0 unspecified atom stereocenters. The summed E-state index contributed by atoms with van der Waals surface area (Å²) in [5, 5.41) is 0. The van der Waals surface area contributed by atoms with Crippen molar-refractivity contribution in [3.8, 4) is 5.69 Å². The smallest absolute Gasteiger partial charge is 0.369 e. The Balaban J connectivity index is 2.30. The van der Waals surface area contributed by atoms with E-state index in [4.69, 9.17) is 5.73 Å². The topological polar surface area (TPSA) is 56.7 Å². The van der Waals surface area contributed by atoms with Crippen LogP contribution in [0, 0.1) is 0 Å². The van der Waals surface area contributed by atoms with Crippen LogP contribution >= 0.6 is 15.9 Å². The maximum Gasteiger partial charge on any atom is 0.416 e. The van der Waals surface area contributed by atoms with Gasteiger partial charge < -0.3 is 5.73 Å². The zero-order chi connectivity index (χ0) is 15.2. The average Bonchev–Trinajstić information content (AvgIpc) is 2.74. The van der Waals surface area contributed by atoms with Crippen molar-refractivity contribution < 1.29 is 13.2 Å². The van der Waals surface area contributed by atoms with Gasteiger partial charge in [0.05, 0.1) is 23.0 Å². The molecule has 0 fully saturated rings. The van der Waals surface area contributed by atoms with E-state index in [-0.39, 0.29) is 11.6 Å². The second-order valence-electron chi connectivity index (χ2n) is 4.33. The molecule has 2 heterocycles. The summed E-state index contributed by atoms with van der Waals surface area (Å²) in [6.07, 6.45) is -1.40. The summed E-state index contributed by atoms with van der Waals surface area (Å²) < 4.78 is 40.6. The van der Waals surface area contributed by atoms with Crippen molar-refractivity contribution in [2.24, 2.45) is 0 Å². The molecule has 0 saturated carbocycles. The van der Waals surface area contributed by atoms with E-state index in [0.29, 0.717) is 15.5 Å². The number of anilines is 1. The number of hydrogen-bond donors (Lipinski definition) is 1. The summed E-state index contributed by atoms with van der Waals surface area (Å²) in [6, 6.07) is 5.02. The molecule has 0 spiro atoms. The lowest BCUT2D eigenvalue weighted by molar-refractivity contribution is -0.137. The first-order chi connectivity index (χ1) is 9.88. The number of aromatic nitrogens is 3. The van der Waals surface area contributed by atoms with Gasteiger partial charge in [-0.25, -0.2) is 4.98 Å². The van der Waals surface area contributed by atoms with Gasteiger partial charge in [-0.15, -0.1) is 0 Å². The Kier molecular flexibility index (Phi) is 3.12. The summed E-state index contributed by atoms with van der Waals surface area (Å²) >= 11 is 3.25. The molecule has 3 aromatic rings. The molecule has 0 bridgehead atoms. The summed E-state index contributed by atoms with van der Waals surface area (Å²) in [6.45, 7) is 0. The van der Waals surface area contributed by atoms with E-state index >= 15 is 0 Å². The SMILES string of the molecule is Nc1nc2cnccc2n1-c1cc(C(F)(F)F)ccc1Br. The van der Waals surface area contributed by atoms with E-state index in [1.54, 1.807) is 6.07 Å². The molecule has 0 aliphatic heterocycles. The first-order valence-corrected chi connectivity index (χ1v) is 6.62. The minimum absolute atomic E-state index is 0.0954. The van der Waals surface area contributed by atoms with Crippen LogP contribution in [0.5, 0.6) is 0 Å². The number of nitrogens with zero attached hydrogens (tertiary/aromatic N) is 3. The lowest BCUT2D eigenvalue weighted by Gasteiger charge is -2.13. The lowest BCUT2D eigenvalue weighted by Crippen LogP contribution is -2.08.